The molecule has 26 heavy (non-hydrogen) atoms. The van der Waals surface area contributed by atoms with Crippen molar-refractivity contribution in [1.29, 1.82) is 0 Å². The summed E-state index contributed by atoms with van der Waals surface area (Å²) in [4.78, 5) is 25.7. The summed E-state index contributed by atoms with van der Waals surface area (Å²) in [6, 6.07) is 16.9. The summed E-state index contributed by atoms with van der Waals surface area (Å²) < 4.78 is 5.74. The summed E-state index contributed by atoms with van der Waals surface area (Å²) in [5.41, 5.74) is 1.81. The molecule has 1 atom stereocenters. The Labute approximate surface area is 153 Å². The third-order valence-electron chi connectivity index (χ3n) is 4.37. The number of anilines is 1. The average Bonchev–Trinajstić information content (AvgIpc) is 2.67. The van der Waals surface area contributed by atoms with Gasteiger partial charge in [0.2, 0.25) is 11.8 Å². The Balaban J connectivity index is 1.51. The van der Waals surface area contributed by atoms with E-state index >= 15 is 0 Å². The first-order valence-electron chi connectivity index (χ1n) is 8.70. The molecule has 1 aliphatic rings. The maximum absolute atomic E-state index is 12.4. The van der Waals surface area contributed by atoms with Crippen molar-refractivity contribution in [3.05, 3.63) is 60.2 Å². The van der Waals surface area contributed by atoms with Crippen LogP contribution in [0.5, 0.6) is 5.75 Å². The first-order valence-corrected chi connectivity index (χ1v) is 8.70. The number of piperazine rings is 1. The molecule has 136 valence electrons. The topological polar surface area (TPSA) is 70.7 Å². The van der Waals surface area contributed by atoms with E-state index in [4.69, 9.17) is 4.74 Å². The first-order chi connectivity index (χ1) is 12.6. The molecule has 0 radical (unpaired) electrons. The Morgan fingerprint density at radius 3 is 2.62 bits per heavy atom. The van der Waals surface area contributed by atoms with Crippen LogP contribution >= 0.6 is 0 Å². The number of carbonyl (C=O) groups is 2. The molecule has 3 rings (SSSR count). The predicted molar refractivity (Wildman–Crippen MR) is 99.9 cm³/mol. The lowest BCUT2D eigenvalue weighted by molar-refractivity contribution is -0.127. The zero-order chi connectivity index (χ0) is 18.4. The van der Waals surface area contributed by atoms with Crippen LogP contribution in [0.25, 0.3) is 0 Å². The maximum atomic E-state index is 12.4. The molecule has 1 heterocycles. The fourth-order valence-corrected chi connectivity index (χ4v) is 2.78. The largest absolute Gasteiger partial charge is 0.489 e. The average molecular weight is 353 g/mol. The molecule has 2 amide bonds. The number of hydrogen-bond donors (Lipinski definition) is 2. The standard InChI is InChI=1S/C20H23N3O3/c1-15(23-12-11-21-19(24)13-23)20(25)22-17-7-9-18(10-8-17)26-14-16-5-3-2-4-6-16/h2-10,15H,11-14H2,1H3,(H,21,24)(H,22,25)/t15-/m0/s1. The van der Waals surface area contributed by atoms with E-state index in [-0.39, 0.29) is 24.4 Å². The lowest BCUT2D eigenvalue weighted by Gasteiger charge is -2.31. The van der Waals surface area contributed by atoms with Gasteiger partial charge in [0.05, 0.1) is 12.6 Å². The van der Waals surface area contributed by atoms with Crippen LogP contribution in [0.3, 0.4) is 0 Å². The summed E-state index contributed by atoms with van der Waals surface area (Å²) >= 11 is 0. The van der Waals surface area contributed by atoms with E-state index in [0.717, 1.165) is 11.3 Å². The molecule has 1 aliphatic heterocycles. The second-order valence-corrected chi connectivity index (χ2v) is 6.28. The molecule has 1 saturated heterocycles. The van der Waals surface area contributed by atoms with E-state index in [1.54, 1.807) is 0 Å². The Hall–Kier alpha value is -2.86. The molecule has 1 fully saturated rings. The van der Waals surface area contributed by atoms with Crippen LogP contribution in [-0.2, 0) is 16.2 Å². The quantitative estimate of drug-likeness (QED) is 0.834. The summed E-state index contributed by atoms with van der Waals surface area (Å²) in [7, 11) is 0. The number of nitrogens with one attached hydrogen (secondary N) is 2. The zero-order valence-electron chi connectivity index (χ0n) is 14.8. The van der Waals surface area contributed by atoms with Crippen molar-refractivity contribution in [3.63, 3.8) is 0 Å². The molecule has 0 bridgehead atoms. The summed E-state index contributed by atoms with van der Waals surface area (Å²) in [6.07, 6.45) is 0. The lowest BCUT2D eigenvalue weighted by Crippen LogP contribution is -2.53. The fourth-order valence-electron chi connectivity index (χ4n) is 2.78. The van der Waals surface area contributed by atoms with Crippen molar-refractivity contribution in [2.45, 2.75) is 19.6 Å². The molecule has 0 spiro atoms. The third kappa shape index (κ3) is 4.83. The van der Waals surface area contributed by atoms with Gasteiger partial charge >= 0.3 is 0 Å². The van der Waals surface area contributed by atoms with Gasteiger partial charge in [-0.05, 0) is 36.8 Å². The minimum Gasteiger partial charge on any atom is -0.489 e. The summed E-state index contributed by atoms with van der Waals surface area (Å²) in [6.45, 7) is 3.81. The smallest absolute Gasteiger partial charge is 0.241 e. The van der Waals surface area contributed by atoms with Crippen molar-refractivity contribution in [2.75, 3.05) is 25.0 Å². The Morgan fingerprint density at radius 2 is 1.92 bits per heavy atom. The van der Waals surface area contributed by atoms with Crippen LogP contribution in [0.2, 0.25) is 0 Å². The van der Waals surface area contributed by atoms with Gasteiger partial charge in [-0.3, -0.25) is 14.5 Å². The molecule has 6 nitrogen and oxygen atoms in total. The van der Waals surface area contributed by atoms with E-state index in [1.165, 1.54) is 0 Å². The highest BCUT2D eigenvalue weighted by molar-refractivity contribution is 5.95. The van der Waals surface area contributed by atoms with E-state index in [9.17, 15) is 9.59 Å². The number of rotatable bonds is 6. The lowest BCUT2D eigenvalue weighted by atomic mass is 10.2. The minimum absolute atomic E-state index is 0.0455. The zero-order valence-corrected chi connectivity index (χ0v) is 14.8. The van der Waals surface area contributed by atoms with Crippen LogP contribution in [0.1, 0.15) is 12.5 Å². The molecule has 6 heteroatoms. The van der Waals surface area contributed by atoms with Gasteiger partial charge in [0.15, 0.2) is 0 Å². The molecule has 0 aliphatic carbocycles. The predicted octanol–water partition coefficient (Wildman–Crippen LogP) is 2.02. The number of benzene rings is 2. The highest BCUT2D eigenvalue weighted by Gasteiger charge is 2.25. The molecular weight excluding hydrogens is 330 g/mol. The number of nitrogens with zero attached hydrogens (tertiary/aromatic N) is 1. The van der Waals surface area contributed by atoms with Crippen molar-refractivity contribution in [2.24, 2.45) is 0 Å². The van der Waals surface area contributed by atoms with E-state index in [1.807, 2.05) is 66.4 Å². The Kier molecular flexibility index (Phi) is 5.86. The molecule has 0 unspecified atom stereocenters. The maximum Gasteiger partial charge on any atom is 0.241 e. The van der Waals surface area contributed by atoms with Gasteiger partial charge in [-0.15, -0.1) is 0 Å². The number of carbonyl (C=O) groups excluding carboxylic acids is 2. The molecule has 0 saturated carbocycles. The second kappa shape index (κ2) is 8.49. The SMILES string of the molecule is C[C@@H](C(=O)Nc1ccc(OCc2ccccc2)cc1)N1CCNC(=O)C1. The number of hydrogen-bond acceptors (Lipinski definition) is 4. The van der Waals surface area contributed by atoms with Crippen molar-refractivity contribution >= 4 is 17.5 Å². The Bertz CT molecular complexity index is 747. The van der Waals surface area contributed by atoms with Crippen molar-refractivity contribution < 1.29 is 14.3 Å². The van der Waals surface area contributed by atoms with Crippen LogP contribution in [0.4, 0.5) is 5.69 Å². The van der Waals surface area contributed by atoms with Gasteiger partial charge < -0.3 is 15.4 Å². The van der Waals surface area contributed by atoms with Gasteiger partial charge in [-0.25, -0.2) is 0 Å². The molecule has 2 aromatic carbocycles. The normalized spacial score (nSPS) is 15.8. The summed E-state index contributed by atoms with van der Waals surface area (Å²) in [5.74, 6) is 0.570. The van der Waals surface area contributed by atoms with E-state index < -0.39 is 0 Å². The van der Waals surface area contributed by atoms with Crippen molar-refractivity contribution in [3.8, 4) is 5.75 Å². The molecular formula is C20H23N3O3. The highest BCUT2D eigenvalue weighted by atomic mass is 16.5. The van der Waals surface area contributed by atoms with E-state index in [2.05, 4.69) is 10.6 Å². The third-order valence-corrected chi connectivity index (χ3v) is 4.37. The summed E-state index contributed by atoms with van der Waals surface area (Å²) in [5, 5.41) is 5.65. The van der Waals surface area contributed by atoms with Crippen LogP contribution in [-0.4, -0.2) is 42.4 Å². The van der Waals surface area contributed by atoms with Crippen molar-refractivity contribution in [1.82, 2.24) is 10.2 Å². The van der Waals surface area contributed by atoms with Gasteiger partial charge in [0, 0.05) is 18.8 Å². The highest BCUT2D eigenvalue weighted by Crippen LogP contribution is 2.17. The Morgan fingerprint density at radius 1 is 1.19 bits per heavy atom. The van der Waals surface area contributed by atoms with Gasteiger partial charge in [0.1, 0.15) is 12.4 Å². The van der Waals surface area contributed by atoms with Crippen LogP contribution < -0.4 is 15.4 Å². The minimum atomic E-state index is -0.366. The first kappa shape index (κ1) is 17.9. The molecule has 2 N–H and O–H groups in total. The second-order valence-electron chi connectivity index (χ2n) is 6.28. The monoisotopic (exact) mass is 353 g/mol. The number of amides is 2. The van der Waals surface area contributed by atoms with Gasteiger partial charge in [-0.2, -0.15) is 0 Å². The molecule has 0 aromatic heterocycles. The van der Waals surface area contributed by atoms with Gasteiger partial charge in [-0.1, -0.05) is 30.3 Å². The van der Waals surface area contributed by atoms with E-state index in [0.29, 0.717) is 25.4 Å². The van der Waals surface area contributed by atoms with Crippen LogP contribution in [0, 0.1) is 0 Å². The fraction of sp³-hybridized carbons (Fsp3) is 0.300. The van der Waals surface area contributed by atoms with Crippen LogP contribution in [0.15, 0.2) is 54.6 Å². The molecule has 2 aromatic rings. The number of ether oxygens (including phenoxy) is 1. The van der Waals surface area contributed by atoms with Gasteiger partial charge in [0.25, 0.3) is 0 Å².